The van der Waals surface area contributed by atoms with Crippen molar-refractivity contribution in [2.45, 2.75) is 13.8 Å². The minimum Gasteiger partial charge on any atom is -0.353 e. The Bertz CT molecular complexity index is 789. The summed E-state index contributed by atoms with van der Waals surface area (Å²) >= 11 is 0. The maximum absolute atomic E-state index is 4.47. The number of guanidine groups is 1. The lowest BCUT2D eigenvalue weighted by atomic mass is 10.1. The summed E-state index contributed by atoms with van der Waals surface area (Å²) in [7, 11) is 0. The number of benzene rings is 2. The molecule has 3 rings (SSSR count). The zero-order chi connectivity index (χ0) is 18.2. The van der Waals surface area contributed by atoms with Crippen LogP contribution in [0.15, 0.2) is 70.8 Å². The average molecular weight is 425 g/mol. The first-order valence-corrected chi connectivity index (χ1v) is 8.80. The fourth-order valence-electron chi connectivity index (χ4n) is 2.44. The average Bonchev–Trinajstić information content (AvgIpc) is 3.17. The molecule has 0 atom stereocenters. The summed E-state index contributed by atoms with van der Waals surface area (Å²) in [6.45, 7) is 5.81. The molecule has 1 aliphatic rings. The van der Waals surface area contributed by atoms with Crippen molar-refractivity contribution in [2.75, 3.05) is 13.1 Å². The largest absolute Gasteiger partial charge is 0.353 e. The number of hydrogen-bond acceptors (Lipinski definition) is 4. The maximum atomic E-state index is 4.47. The lowest BCUT2D eigenvalue weighted by Gasteiger charge is -2.02. The highest BCUT2D eigenvalue weighted by atomic mass is 79.9. The molecule has 2 aromatic carbocycles. The van der Waals surface area contributed by atoms with Crippen molar-refractivity contribution >= 4 is 40.8 Å². The van der Waals surface area contributed by atoms with E-state index in [1.807, 2.05) is 12.2 Å². The Hall–Kier alpha value is -2.66. The van der Waals surface area contributed by atoms with Gasteiger partial charge in [-0.15, -0.1) is 17.0 Å². The number of hydrogen-bond donors (Lipinski definition) is 2. The van der Waals surface area contributed by atoms with Crippen molar-refractivity contribution < 1.29 is 0 Å². The Labute approximate surface area is 171 Å². The molecule has 140 valence electrons. The topological polar surface area (TPSA) is 48.8 Å². The Morgan fingerprint density at radius 2 is 1.44 bits per heavy atom. The summed E-state index contributed by atoms with van der Waals surface area (Å²) in [5.74, 6) is 0.718. The fraction of sp³-hybridized carbons (Fsp3) is 0.182. The minimum absolute atomic E-state index is 0. The summed E-state index contributed by atoms with van der Waals surface area (Å²) in [6, 6.07) is 16.8. The van der Waals surface area contributed by atoms with Gasteiger partial charge in [0.2, 0.25) is 5.96 Å². The number of nitrogens with one attached hydrogen (secondary N) is 2. The van der Waals surface area contributed by atoms with Crippen molar-refractivity contribution in [3.05, 3.63) is 82.9 Å². The Morgan fingerprint density at radius 1 is 0.926 bits per heavy atom. The van der Waals surface area contributed by atoms with Gasteiger partial charge in [-0.2, -0.15) is 5.10 Å². The fourth-order valence-corrected chi connectivity index (χ4v) is 2.44. The molecule has 0 radical (unpaired) electrons. The second-order valence-corrected chi connectivity index (χ2v) is 6.29. The Kier molecular flexibility index (Phi) is 8.01. The molecule has 0 saturated carbocycles. The quantitative estimate of drug-likeness (QED) is 0.547. The first-order valence-electron chi connectivity index (χ1n) is 8.80. The van der Waals surface area contributed by atoms with Gasteiger partial charge >= 0.3 is 0 Å². The van der Waals surface area contributed by atoms with Crippen LogP contribution >= 0.6 is 17.0 Å². The molecule has 0 aliphatic carbocycles. The van der Waals surface area contributed by atoms with Gasteiger partial charge in [0.25, 0.3) is 0 Å². The summed E-state index contributed by atoms with van der Waals surface area (Å²) in [6.07, 6.45) is 8.11. The molecule has 0 fully saturated rings. The molecule has 0 amide bonds. The van der Waals surface area contributed by atoms with Crippen LogP contribution in [0.5, 0.6) is 0 Å². The number of aliphatic imine (C=N–C) groups is 1. The number of aryl methyl sites for hydroxylation is 2. The first-order chi connectivity index (χ1) is 12.7. The zero-order valence-corrected chi connectivity index (χ0v) is 17.4. The van der Waals surface area contributed by atoms with Gasteiger partial charge in [-0.25, -0.2) is 10.4 Å². The maximum Gasteiger partial charge on any atom is 0.212 e. The Morgan fingerprint density at radius 3 is 1.89 bits per heavy atom. The van der Waals surface area contributed by atoms with Crippen LogP contribution in [-0.2, 0) is 0 Å². The highest BCUT2D eigenvalue weighted by molar-refractivity contribution is 8.93. The third-order valence-electron chi connectivity index (χ3n) is 4.01. The highest BCUT2D eigenvalue weighted by Gasteiger charge is 2.02. The summed E-state index contributed by atoms with van der Waals surface area (Å²) in [5, 5.41) is 7.63. The molecule has 0 unspecified atom stereocenters. The van der Waals surface area contributed by atoms with Crippen molar-refractivity contribution in [2.24, 2.45) is 10.1 Å². The van der Waals surface area contributed by atoms with E-state index >= 15 is 0 Å². The smallest absolute Gasteiger partial charge is 0.212 e. The van der Waals surface area contributed by atoms with Gasteiger partial charge in [-0.05, 0) is 37.1 Å². The highest BCUT2D eigenvalue weighted by Crippen LogP contribution is 2.07. The molecule has 1 heterocycles. The summed E-state index contributed by atoms with van der Waals surface area (Å²) in [5.41, 5.74) is 8.61. The van der Waals surface area contributed by atoms with E-state index in [9.17, 15) is 0 Å². The van der Waals surface area contributed by atoms with Crippen LogP contribution in [0.1, 0.15) is 22.3 Å². The van der Waals surface area contributed by atoms with Gasteiger partial charge < -0.3 is 5.32 Å². The second-order valence-electron chi connectivity index (χ2n) is 6.29. The molecule has 27 heavy (non-hydrogen) atoms. The van der Waals surface area contributed by atoms with Crippen LogP contribution in [0.25, 0.3) is 12.2 Å². The van der Waals surface area contributed by atoms with E-state index in [1.54, 1.807) is 0 Å². The molecule has 2 N–H and O–H groups in total. The van der Waals surface area contributed by atoms with Crippen LogP contribution in [0, 0.1) is 13.8 Å². The second kappa shape index (κ2) is 10.5. The van der Waals surface area contributed by atoms with Gasteiger partial charge in [0.05, 0.1) is 12.3 Å². The number of rotatable bonds is 5. The number of halogens is 1. The first kappa shape index (κ1) is 20.6. The minimum atomic E-state index is 0. The lowest BCUT2D eigenvalue weighted by Crippen LogP contribution is -2.30. The normalized spacial score (nSPS) is 13.2. The van der Waals surface area contributed by atoms with E-state index in [2.05, 4.69) is 95.4 Å². The van der Waals surface area contributed by atoms with Gasteiger partial charge in [0.1, 0.15) is 0 Å². The molecule has 0 bridgehead atoms. The van der Waals surface area contributed by atoms with E-state index in [0.29, 0.717) is 0 Å². The van der Waals surface area contributed by atoms with Crippen LogP contribution < -0.4 is 10.7 Å². The molecule has 5 heteroatoms. The molecular weight excluding hydrogens is 400 g/mol. The molecule has 0 aromatic heterocycles. The third kappa shape index (κ3) is 6.87. The van der Waals surface area contributed by atoms with Gasteiger partial charge in [0, 0.05) is 6.54 Å². The standard InChI is InChI=1S/C22H24N4.BrH/c1-17-3-7-19(8-4-17)11-13-21(25-26-22-23-15-16-24-22)14-12-20-9-5-18(2)6-10-20;/h3-14H,15-16H2,1-2H3,(H2,23,24,26);1H. The van der Waals surface area contributed by atoms with Gasteiger partial charge in [-0.3, -0.25) is 0 Å². The summed E-state index contributed by atoms with van der Waals surface area (Å²) in [4.78, 5) is 4.30. The molecule has 1 aliphatic heterocycles. The Balaban J connectivity index is 0.00000261. The van der Waals surface area contributed by atoms with E-state index < -0.39 is 0 Å². The van der Waals surface area contributed by atoms with E-state index in [4.69, 9.17) is 0 Å². The van der Waals surface area contributed by atoms with E-state index in [0.717, 1.165) is 35.9 Å². The van der Waals surface area contributed by atoms with E-state index in [1.165, 1.54) is 11.1 Å². The molecule has 4 nitrogen and oxygen atoms in total. The molecular formula is C22H25BrN4. The SMILES string of the molecule is Br.Cc1ccc(C=CC(C=Cc2ccc(C)cc2)=NNC2=NCCN2)cc1. The van der Waals surface area contributed by atoms with Gasteiger partial charge in [-0.1, -0.05) is 71.8 Å². The number of nitrogens with zero attached hydrogens (tertiary/aromatic N) is 2. The molecule has 2 aromatic rings. The predicted molar refractivity (Wildman–Crippen MR) is 122 cm³/mol. The monoisotopic (exact) mass is 424 g/mol. The van der Waals surface area contributed by atoms with Crippen molar-refractivity contribution in [1.82, 2.24) is 10.7 Å². The lowest BCUT2D eigenvalue weighted by molar-refractivity contribution is 0.918. The van der Waals surface area contributed by atoms with Crippen molar-refractivity contribution in [1.29, 1.82) is 0 Å². The molecule has 0 saturated heterocycles. The van der Waals surface area contributed by atoms with Crippen LogP contribution in [0.3, 0.4) is 0 Å². The van der Waals surface area contributed by atoms with E-state index in [-0.39, 0.29) is 17.0 Å². The van der Waals surface area contributed by atoms with Crippen molar-refractivity contribution in [3.8, 4) is 0 Å². The van der Waals surface area contributed by atoms with Gasteiger partial charge in [0.15, 0.2) is 0 Å². The number of hydrazone groups is 1. The van der Waals surface area contributed by atoms with Crippen LogP contribution in [0.4, 0.5) is 0 Å². The zero-order valence-electron chi connectivity index (χ0n) is 15.6. The van der Waals surface area contributed by atoms with Crippen LogP contribution in [-0.4, -0.2) is 24.8 Å². The predicted octanol–water partition coefficient (Wildman–Crippen LogP) is 4.51. The summed E-state index contributed by atoms with van der Waals surface area (Å²) < 4.78 is 0. The molecule has 0 spiro atoms. The van der Waals surface area contributed by atoms with Crippen LogP contribution in [0.2, 0.25) is 0 Å². The number of allylic oxidation sites excluding steroid dienone is 2. The third-order valence-corrected chi connectivity index (χ3v) is 4.01. The van der Waals surface area contributed by atoms with Crippen molar-refractivity contribution in [3.63, 3.8) is 0 Å².